The van der Waals surface area contributed by atoms with E-state index in [1.807, 2.05) is 24.0 Å². The Labute approximate surface area is 143 Å². The second-order valence-corrected chi connectivity index (χ2v) is 6.99. The summed E-state index contributed by atoms with van der Waals surface area (Å²) in [5.74, 6) is 0.480. The van der Waals surface area contributed by atoms with Gasteiger partial charge in [0.25, 0.3) is 5.91 Å². The lowest BCUT2D eigenvalue weighted by Gasteiger charge is -2.34. The lowest BCUT2D eigenvalue weighted by molar-refractivity contribution is 0.0119. The van der Waals surface area contributed by atoms with Gasteiger partial charge >= 0.3 is 0 Å². The monoisotopic (exact) mass is 330 g/mol. The quantitative estimate of drug-likeness (QED) is 0.796. The highest BCUT2D eigenvalue weighted by atomic mass is 16.5. The summed E-state index contributed by atoms with van der Waals surface area (Å²) >= 11 is 0. The van der Waals surface area contributed by atoms with Crippen LogP contribution in [0.5, 0.6) is 0 Å². The van der Waals surface area contributed by atoms with E-state index < -0.39 is 0 Å². The SMILES string of the molecule is CC(=O)c1cc(C(=O)N2C[C@@H](C)[C@H](N3CCOCC3)C2)ccc1C. The van der Waals surface area contributed by atoms with Gasteiger partial charge in [-0.1, -0.05) is 13.0 Å². The zero-order chi connectivity index (χ0) is 17.3. The minimum Gasteiger partial charge on any atom is -0.379 e. The Morgan fingerprint density at radius 1 is 1.17 bits per heavy atom. The number of aryl methyl sites for hydroxylation is 1. The highest BCUT2D eigenvalue weighted by molar-refractivity contribution is 6.00. The van der Waals surface area contributed by atoms with Crippen molar-refractivity contribution in [3.8, 4) is 0 Å². The smallest absolute Gasteiger partial charge is 0.253 e. The zero-order valence-electron chi connectivity index (χ0n) is 14.7. The molecule has 130 valence electrons. The van der Waals surface area contributed by atoms with Crippen LogP contribution in [0.3, 0.4) is 0 Å². The average Bonchev–Trinajstić information content (AvgIpc) is 2.97. The van der Waals surface area contributed by atoms with Crippen LogP contribution in [0.15, 0.2) is 18.2 Å². The van der Waals surface area contributed by atoms with Crippen molar-refractivity contribution in [2.45, 2.75) is 26.8 Å². The standard InChI is InChI=1S/C19H26N2O3/c1-13-4-5-16(10-17(13)15(3)22)19(23)21-11-14(2)18(12-21)20-6-8-24-9-7-20/h4-5,10,14,18H,6-9,11-12H2,1-3H3/t14-,18-/m1/s1. The van der Waals surface area contributed by atoms with Crippen molar-refractivity contribution < 1.29 is 14.3 Å². The molecule has 0 radical (unpaired) electrons. The summed E-state index contributed by atoms with van der Waals surface area (Å²) in [6.45, 7) is 10.6. The molecule has 0 N–H and O–H groups in total. The van der Waals surface area contributed by atoms with Gasteiger partial charge in [0.2, 0.25) is 0 Å². The Kier molecular flexibility index (Phi) is 5.01. The van der Waals surface area contributed by atoms with Gasteiger partial charge in [-0.2, -0.15) is 0 Å². The molecule has 2 saturated heterocycles. The second kappa shape index (κ2) is 7.03. The molecule has 1 aromatic rings. The maximum Gasteiger partial charge on any atom is 0.253 e. The Balaban J connectivity index is 1.74. The van der Waals surface area contributed by atoms with Crippen molar-refractivity contribution >= 4 is 11.7 Å². The molecule has 0 spiro atoms. The molecular formula is C19H26N2O3. The number of ether oxygens (including phenoxy) is 1. The van der Waals surface area contributed by atoms with E-state index in [0.29, 0.717) is 23.1 Å². The van der Waals surface area contributed by atoms with Crippen LogP contribution < -0.4 is 0 Å². The summed E-state index contributed by atoms with van der Waals surface area (Å²) in [6.07, 6.45) is 0. The lowest BCUT2D eigenvalue weighted by Crippen LogP contribution is -2.47. The number of carbonyl (C=O) groups is 2. The van der Waals surface area contributed by atoms with Crippen molar-refractivity contribution in [1.82, 2.24) is 9.80 Å². The normalized spacial score (nSPS) is 25.0. The van der Waals surface area contributed by atoms with Crippen LogP contribution in [0.4, 0.5) is 0 Å². The van der Waals surface area contributed by atoms with Crippen molar-refractivity contribution in [3.63, 3.8) is 0 Å². The van der Waals surface area contributed by atoms with Crippen LogP contribution in [0.1, 0.15) is 40.1 Å². The number of likely N-dealkylation sites (tertiary alicyclic amines) is 1. The fourth-order valence-electron chi connectivity index (χ4n) is 3.82. The predicted octanol–water partition coefficient (Wildman–Crippen LogP) is 1.99. The molecule has 0 saturated carbocycles. The number of hydrogen-bond donors (Lipinski definition) is 0. The number of hydrogen-bond acceptors (Lipinski definition) is 4. The maximum atomic E-state index is 12.9. The van der Waals surface area contributed by atoms with Gasteiger partial charge in [-0.15, -0.1) is 0 Å². The van der Waals surface area contributed by atoms with E-state index in [-0.39, 0.29) is 11.7 Å². The minimum absolute atomic E-state index is 0.00290. The van der Waals surface area contributed by atoms with Crippen LogP contribution in [0, 0.1) is 12.8 Å². The number of amides is 1. The van der Waals surface area contributed by atoms with Crippen molar-refractivity contribution in [3.05, 3.63) is 34.9 Å². The first-order valence-electron chi connectivity index (χ1n) is 8.70. The highest BCUT2D eigenvalue weighted by Crippen LogP contribution is 2.25. The molecule has 1 aromatic carbocycles. The van der Waals surface area contributed by atoms with E-state index in [1.165, 1.54) is 0 Å². The molecule has 2 atom stereocenters. The number of carbonyl (C=O) groups excluding carboxylic acids is 2. The molecule has 0 unspecified atom stereocenters. The molecule has 0 bridgehead atoms. The molecule has 0 aliphatic carbocycles. The summed E-state index contributed by atoms with van der Waals surface area (Å²) in [7, 11) is 0. The van der Waals surface area contributed by atoms with Gasteiger partial charge < -0.3 is 9.64 Å². The third-order valence-electron chi connectivity index (χ3n) is 5.24. The molecule has 5 nitrogen and oxygen atoms in total. The number of Topliss-reactive ketones (excluding diaryl/α,β-unsaturated/α-hetero) is 1. The van der Waals surface area contributed by atoms with Crippen molar-refractivity contribution in [2.24, 2.45) is 5.92 Å². The van der Waals surface area contributed by atoms with Crippen LogP contribution in [-0.4, -0.2) is 66.9 Å². The molecule has 2 aliphatic rings. The molecule has 5 heteroatoms. The van der Waals surface area contributed by atoms with Crippen LogP contribution >= 0.6 is 0 Å². The number of rotatable bonds is 3. The lowest BCUT2D eigenvalue weighted by atomic mass is 10.0. The number of ketones is 1. The van der Waals surface area contributed by atoms with Gasteiger partial charge in [-0.25, -0.2) is 0 Å². The summed E-state index contributed by atoms with van der Waals surface area (Å²) in [5, 5.41) is 0. The third-order valence-corrected chi connectivity index (χ3v) is 5.24. The van der Waals surface area contributed by atoms with Gasteiger partial charge in [0.1, 0.15) is 0 Å². The third kappa shape index (κ3) is 3.37. The molecule has 24 heavy (non-hydrogen) atoms. The Hall–Kier alpha value is -1.72. The Morgan fingerprint density at radius 2 is 1.88 bits per heavy atom. The fraction of sp³-hybridized carbons (Fsp3) is 0.579. The van der Waals surface area contributed by atoms with E-state index in [4.69, 9.17) is 4.74 Å². The van der Waals surface area contributed by atoms with Crippen LogP contribution in [0.2, 0.25) is 0 Å². The summed E-state index contributed by atoms with van der Waals surface area (Å²) < 4.78 is 5.43. The van der Waals surface area contributed by atoms with E-state index in [1.54, 1.807) is 13.0 Å². The number of benzene rings is 1. The first kappa shape index (κ1) is 17.1. The first-order chi connectivity index (χ1) is 11.5. The maximum absolute atomic E-state index is 12.9. The number of morpholine rings is 1. The van der Waals surface area contributed by atoms with E-state index >= 15 is 0 Å². The Morgan fingerprint density at radius 3 is 2.54 bits per heavy atom. The predicted molar refractivity (Wildman–Crippen MR) is 92.4 cm³/mol. The zero-order valence-corrected chi connectivity index (χ0v) is 14.7. The fourth-order valence-corrected chi connectivity index (χ4v) is 3.82. The topological polar surface area (TPSA) is 49.9 Å². The largest absolute Gasteiger partial charge is 0.379 e. The highest BCUT2D eigenvalue weighted by Gasteiger charge is 2.36. The van der Waals surface area contributed by atoms with Gasteiger partial charge in [0, 0.05) is 43.3 Å². The summed E-state index contributed by atoms with van der Waals surface area (Å²) in [4.78, 5) is 29.0. The molecule has 2 aliphatic heterocycles. The molecule has 1 amide bonds. The second-order valence-electron chi connectivity index (χ2n) is 6.99. The van der Waals surface area contributed by atoms with Gasteiger partial charge in [-0.05, 0) is 37.5 Å². The van der Waals surface area contributed by atoms with E-state index in [2.05, 4.69) is 11.8 Å². The van der Waals surface area contributed by atoms with Crippen molar-refractivity contribution in [2.75, 3.05) is 39.4 Å². The van der Waals surface area contributed by atoms with Gasteiger partial charge in [0.05, 0.1) is 13.2 Å². The van der Waals surface area contributed by atoms with Crippen molar-refractivity contribution in [1.29, 1.82) is 0 Å². The Bertz CT molecular complexity index is 637. The average molecular weight is 330 g/mol. The number of nitrogens with zero attached hydrogens (tertiary/aromatic N) is 2. The summed E-state index contributed by atoms with van der Waals surface area (Å²) in [6, 6.07) is 5.84. The molecule has 3 rings (SSSR count). The van der Waals surface area contributed by atoms with Crippen LogP contribution in [0.25, 0.3) is 0 Å². The first-order valence-corrected chi connectivity index (χ1v) is 8.70. The molecular weight excluding hydrogens is 304 g/mol. The van der Waals surface area contributed by atoms with Gasteiger partial charge in [0.15, 0.2) is 5.78 Å². The van der Waals surface area contributed by atoms with E-state index in [0.717, 1.165) is 45.0 Å². The minimum atomic E-state index is 0.00290. The summed E-state index contributed by atoms with van der Waals surface area (Å²) in [5.41, 5.74) is 2.17. The molecule has 0 aromatic heterocycles. The molecule has 2 fully saturated rings. The molecule has 2 heterocycles. The van der Waals surface area contributed by atoms with Crippen LogP contribution in [-0.2, 0) is 4.74 Å². The van der Waals surface area contributed by atoms with E-state index in [9.17, 15) is 9.59 Å². The van der Waals surface area contributed by atoms with Gasteiger partial charge in [-0.3, -0.25) is 14.5 Å².